The van der Waals surface area contributed by atoms with E-state index in [1.807, 2.05) is 13.8 Å². The zero-order valence-electron chi connectivity index (χ0n) is 18.6. The van der Waals surface area contributed by atoms with Crippen LogP contribution in [0.25, 0.3) is 10.9 Å². The molecule has 4 rings (SSSR count). The molecular weight excluding hydrogens is 426 g/mol. The molecule has 172 valence electrons. The molecule has 2 heterocycles. The van der Waals surface area contributed by atoms with Crippen LogP contribution in [0.15, 0.2) is 36.4 Å². The summed E-state index contributed by atoms with van der Waals surface area (Å²) >= 11 is 0. The number of hydrogen-bond donors (Lipinski definition) is 3. The van der Waals surface area contributed by atoms with Gasteiger partial charge >= 0.3 is 5.97 Å². The third kappa shape index (κ3) is 4.34. The van der Waals surface area contributed by atoms with Gasteiger partial charge in [-0.1, -0.05) is 12.1 Å². The second-order valence-corrected chi connectivity index (χ2v) is 8.40. The van der Waals surface area contributed by atoms with Crippen molar-refractivity contribution in [3.8, 4) is 17.2 Å². The quantitative estimate of drug-likeness (QED) is 0.520. The predicted octanol–water partition coefficient (Wildman–Crippen LogP) is 3.18. The van der Waals surface area contributed by atoms with Crippen LogP contribution in [0.3, 0.4) is 0 Å². The summed E-state index contributed by atoms with van der Waals surface area (Å²) in [6.45, 7) is 6.14. The SMILES string of the molecule is Cc1nc2cccc(OCC(C)(C)NC(=O)c3cccc4c3OCCO4)c2c(N)c1C(=O)O. The van der Waals surface area contributed by atoms with Gasteiger partial charge in [-0.3, -0.25) is 9.78 Å². The van der Waals surface area contributed by atoms with Crippen LogP contribution in [0, 0.1) is 6.92 Å². The maximum absolute atomic E-state index is 13.0. The predicted molar refractivity (Wildman–Crippen MR) is 122 cm³/mol. The fourth-order valence-corrected chi connectivity index (χ4v) is 3.75. The molecule has 1 aromatic heterocycles. The zero-order chi connectivity index (χ0) is 23.8. The number of fused-ring (bicyclic) bond motifs is 2. The van der Waals surface area contributed by atoms with Gasteiger partial charge in [0.1, 0.15) is 31.1 Å². The van der Waals surface area contributed by atoms with Gasteiger partial charge in [0.25, 0.3) is 5.91 Å². The van der Waals surface area contributed by atoms with Crippen molar-refractivity contribution in [1.29, 1.82) is 0 Å². The highest BCUT2D eigenvalue weighted by molar-refractivity contribution is 6.06. The number of nitrogens with one attached hydrogen (secondary N) is 1. The number of anilines is 1. The summed E-state index contributed by atoms with van der Waals surface area (Å²) in [5.74, 6) is -0.141. The number of para-hydroxylation sites is 1. The van der Waals surface area contributed by atoms with Crippen molar-refractivity contribution in [2.45, 2.75) is 26.3 Å². The molecule has 0 fully saturated rings. The number of hydrogen-bond acceptors (Lipinski definition) is 7. The number of carbonyl (C=O) groups is 2. The summed E-state index contributed by atoms with van der Waals surface area (Å²) in [6.07, 6.45) is 0. The minimum atomic E-state index is -1.15. The van der Waals surface area contributed by atoms with Crippen LogP contribution >= 0.6 is 0 Å². The number of rotatable bonds is 6. The Balaban J connectivity index is 1.56. The van der Waals surface area contributed by atoms with Gasteiger partial charge in [0.2, 0.25) is 0 Å². The first-order valence-corrected chi connectivity index (χ1v) is 10.4. The van der Waals surface area contributed by atoms with Crippen molar-refractivity contribution in [2.75, 3.05) is 25.6 Å². The summed E-state index contributed by atoms with van der Waals surface area (Å²) in [5.41, 5.74) is 6.68. The number of ether oxygens (including phenoxy) is 3. The molecule has 0 atom stereocenters. The Kier molecular flexibility index (Phi) is 5.71. The number of nitrogen functional groups attached to an aromatic ring is 1. The van der Waals surface area contributed by atoms with Gasteiger partial charge < -0.3 is 30.4 Å². The molecule has 0 spiro atoms. The van der Waals surface area contributed by atoms with Crippen molar-refractivity contribution in [3.05, 3.63) is 53.2 Å². The van der Waals surface area contributed by atoms with Crippen LogP contribution in [0.1, 0.15) is 40.3 Å². The van der Waals surface area contributed by atoms with Gasteiger partial charge in [-0.05, 0) is 45.0 Å². The first-order chi connectivity index (χ1) is 15.7. The van der Waals surface area contributed by atoms with Crippen LogP contribution in [0.2, 0.25) is 0 Å². The second-order valence-electron chi connectivity index (χ2n) is 8.40. The number of aryl methyl sites for hydroxylation is 1. The van der Waals surface area contributed by atoms with E-state index in [0.717, 1.165) is 0 Å². The highest BCUT2D eigenvalue weighted by Crippen LogP contribution is 2.35. The van der Waals surface area contributed by atoms with Crippen molar-refractivity contribution >= 4 is 28.5 Å². The molecule has 0 saturated carbocycles. The summed E-state index contributed by atoms with van der Waals surface area (Å²) in [6, 6.07) is 10.4. The maximum Gasteiger partial charge on any atom is 0.339 e. The number of nitrogens with zero attached hydrogens (tertiary/aromatic N) is 1. The Bertz CT molecular complexity index is 1250. The summed E-state index contributed by atoms with van der Waals surface area (Å²) < 4.78 is 17.2. The largest absolute Gasteiger partial charge is 0.490 e. The molecule has 9 nitrogen and oxygen atoms in total. The first kappa shape index (κ1) is 22.2. The summed E-state index contributed by atoms with van der Waals surface area (Å²) in [7, 11) is 0. The lowest BCUT2D eigenvalue weighted by molar-refractivity contribution is 0.0696. The van der Waals surface area contributed by atoms with Gasteiger partial charge in [0, 0.05) is 0 Å². The van der Waals surface area contributed by atoms with E-state index in [0.29, 0.717) is 52.6 Å². The molecule has 0 saturated heterocycles. The normalized spacial score (nSPS) is 12.9. The maximum atomic E-state index is 13.0. The minimum absolute atomic E-state index is 0.0535. The molecule has 1 amide bonds. The molecule has 0 bridgehead atoms. The third-order valence-electron chi connectivity index (χ3n) is 5.26. The number of amides is 1. The van der Waals surface area contributed by atoms with Gasteiger partial charge in [-0.2, -0.15) is 0 Å². The summed E-state index contributed by atoms with van der Waals surface area (Å²) in [4.78, 5) is 29.0. The van der Waals surface area contributed by atoms with Gasteiger partial charge in [-0.25, -0.2) is 4.79 Å². The molecule has 4 N–H and O–H groups in total. The minimum Gasteiger partial charge on any atom is -0.490 e. The fourth-order valence-electron chi connectivity index (χ4n) is 3.75. The number of nitrogens with two attached hydrogens (primary N) is 1. The second kappa shape index (κ2) is 8.50. The third-order valence-corrected chi connectivity index (χ3v) is 5.26. The molecule has 1 aliphatic heterocycles. The monoisotopic (exact) mass is 451 g/mol. The average Bonchev–Trinajstić information content (AvgIpc) is 2.76. The molecule has 2 aromatic carbocycles. The Hall–Kier alpha value is -4.01. The lowest BCUT2D eigenvalue weighted by Crippen LogP contribution is -2.48. The average molecular weight is 451 g/mol. The lowest BCUT2D eigenvalue weighted by Gasteiger charge is -2.28. The molecule has 9 heteroatoms. The van der Waals surface area contributed by atoms with Crippen molar-refractivity contribution in [1.82, 2.24) is 10.3 Å². The number of carboxylic acids is 1. The number of pyridine rings is 1. The van der Waals surface area contributed by atoms with Crippen LogP contribution < -0.4 is 25.3 Å². The van der Waals surface area contributed by atoms with E-state index in [9.17, 15) is 14.7 Å². The topological polar surface area (TPSA) is 133 Å². The van der Waals surface area contributed by atoms with Gasteiger partial charge in [-0.15, -0.1) is 0 Å². The Morgan fingerprint density at radius 3 is 2.67 bits per heavy atom. The highest BCUT2D eigenvalue weighted by atomic mass is 16.6. The highest BCUT2D eigenvalue weighted by Gasteiger charge is 2.27. The molecule has 0 radical (unpaired) electrons. The molecule has 0 aliphatic carbocycles. The number of carboxylic acid groups (broad SMARTS) is 1. The number of aromatic nitrogens is 1. The fraction of sp³-hybridized carbons (Fsp3) is 0.292. The smallest absolute Gasteiger partial charge is 0.339 e. The Morgan fingerprint density at radius 2 is 1.91 bits per heavy atom. The Morgan fingerprint density at radius 1 is 1.18 bits per heavy atom. The van der Waals surface area contributed by atoms with Gasteiger partial charge in [0.15, 0.2) is 11.5 Å². The van der Waals surface area contributed by atoms with Crippen molar-refractivity contribution < 1.29 is 28.9 Å². The molecular formula is C24H25N3O6. The van der Waals surface area contributed by atoms with Gasteiger partial charge in [0.05, 0.1) is 33.4 Å². The zero-order valence-corrected chi connectivity index (χ0v) is 18.6. The van der Waals surface area contributed by atoms with Crippen LogP contribution in [0.4, 0.5) is 5.69 Å². The van der Waals surface area contributed by atoms with Crippen molar-refractivity contribution in [3.63, 3.8) is 0 Å². The molecule has 0 unspecified atom stereocenters. The van der Waals surface area contributed by atoms with Crippen molar-refractivity contribution in [2.24, 2.45) is 0 Å². The van der Waals surface area contributed by atoms with Crippen LogP contribution in [-0.2, 0) is 0 Å². The van der Waals surface area contributed by atoms with E-state index in [1.165, 1.54) is 0 Å². The Labute approximate surface area is 190 Å². The number of benzene rings is 2. The van der Waals surface area contributed by atoms with E-state index < -0.39 is 11.5 Å². The number of aromatic carboxylic acids is 1. The molecule has 1 aliphatic rings. The number of carbonyl (C=O) groups excluding carboxylic acids is 1. The van der Waals surface area contributed by atoms with Crippen LogP contribution in [-0.4, -0.2) is 47.3 Å². The van der Waals surface area contributed by atoms with Crippen LogP contribution in [0.5, 0.6) is 17.2 Å². The van der Waals surface area contributed by atoms with E-state index in [-0.39, 0.29) is 23.8 Å². The van der Waals surface area contributed by atoms with E-state index >= 15 is 0 Å². The van der Waals surface area contributed by atoms with E-state index in [2.05, 4.69) is 10.3 Å². The molecule has 3 aromatic rings. The van der Waals surface area contributed by atoms with E-state index in [1.54, 1.807) is 43.3 Å². The standard InChI is InChI=1S/C24H25N3O6/c1-13-18(23(29)30)20(25)19-15(26-13)7-5-8-16(19)33-12-24(2,3)27-22(28)14-6-4-9-17-21(14)32-11-10-31-17/h4-9H,10-12H2,1-3H3,(H2,25,26)(H,27,28)(H,29,30). The lowest BCUT2D eigenvalue weighted by atomic mass is 10.0. The molecule has 33 heavy (non-hydrogen) atoms. The first-order valence-electron chi connectivity index (χ1n) is 10.4. The summed E-state index contributed by atoms with van der Waals surface area (Å²) in [5, 5.41) is 12.9. The van der Waals surface area contributed by atoms with E-state index in [4.69, 9.17) is 19.9 Å².